The standard InChI is InChI=1S/C31H36Cl2N2O6/c1-40-26-15-19(17-34-16-18-2-4-20(5-3-18)31(38)39)14-24(22-6-7-23-21(22)8-9-25(32)29(23)33)30(26)41-13-12-35-27(36)10-11-28(35)37/h8-9,14-15,18,20,22,34H,2-7,10-13,16-17H2,1H3,(H,38,39)/t18?,20?,22-/m0/s1. The third-order valence-electron chi connectivity index (χ3n) is 8.70. The van der Waals surface area contributed by atoms with Crippen molar-refractivity contribution in [2.45, 2.75) is 63.8 Å². The molecule has 2 amide bonds. The molecule has 2 aliphatic carbocycles. The van der Waals surface area contributed by atoms with Crippen molar-refractivity contribution in [2.75, 3.05) is 26.8 Å². The van der Waals surface area contributed by atoms with Crippen LogP contribution >= 0.6 is 23.2 Å². The van der Waals surface area contributed by atoms with Gasteiger partial charge in [0.25, 0.3) is 0 Å². The van der Waals surface area contributed by atoms with Crippen molar-refractivity contribution in [3.05, 3.63) is 56.6 Å². The molecule has 1 atom stereocenters. The molecule has 1 saturated heterocycles. The summed E-state index contributed by atoms with van der Waals surface area (Å²) in [5, 5.41) is 14.0. The molecular formula is C31H36Cl2N2O6. The second-order valence-corrected chi connectivity index (χ2v) is 12.0. The molecule has 8 nitrogen and oxygen atoms in total. The van der Waals surface area contributed by atoms with Gasteiger partial charge in [-0.1, -0.05) is 29.3 Å². The highest BCUT2D eigenvalue weighted by Gasteiger charge is 2.32. The summed E-state index contributed by atoms with van der Waals surface area (Å²) in [5.74, 6) is 0.433. The van der Waals surface area contributed by atoms with Crippen LogP contribution in [0.2, 0.25) is 10.0 Å². The Morgan fingerprint density at radius 1 is 1.02 bits per heavy atom. The molecule has 41 heavy (non-hydrogen) atoms. The second kappa shape index (κ2) is 13.0. The van der Waals surface area contributed by atoms with Gasteiger partial charge >= 0.3 is 5.97 Å². The summed E-state index contributed by atoms with van der Waals surface area (Å²) in [4.78, 5) is 36.7. The normalized spacial score (nSPS) is 22.2. The molecule has 0 spiro atoms. The number of hydrogen-bond acceptors (Lipinski definition) is 6. The molecule has 5 rings (SSSR count). The fraction of sp³-hybridized carbons (Fsp3) is 0.516. The van der Waals surface area contributed by atoms with Crippen LogP contribution in [0, 0.1) is 11.8 Å². The van der Waals surface area contributed by atoms with E-state index < -0.39 is 5.97 Å². The summed E-state index contributed by atoms with van der Waals surface area (Å²) in [6.07, 6.45) is 5.41. The number of likely N-dealkylation sites (tertiary alicyclic amines) is 1. The number of amides is 2. The van der Waals surface area contributed by atoms with Crippen molar-refractivity contribution in [1.82, 2.24) is 10.2 Å². The first-order valence-corrected chi connectivity index (χ1v) is 15.1. The number of imide groups is 1. The van der Waals surface area contributed by atoms with Crippen LogP contribution in [-0.4, -0.2) is 54.6 Å². The zero-order valence-electron chi connectivity index (χ0n) is 23.2. The van der Waals surface area contributed by atoms with Crippen LogP contribution in [0.1, 0.15) is 73.1 Å². The molecule has 0 radical (unpaired) electrons. The molecule has 10 heteroatoms. The van der Waals surface area contributed by atoms with Gasteiger partial charge in [-0.3, -0.25) is 19.3 Å². The minimum Gasteiger partial charge on any atom is -0.493 e. The fourth-order valence-electron chi connectivity index (χ4n) is 6.45. The zero-order chi connectivity index (χ0) is 29.1. The van der Waals surface area contributed by atoms with E-state index >= 15 is 0 Å². The number of carboxylic acid groups (broad SMARTS) is 1. The van der Waals surface area contributed by atoms with Crippen LogP contribution in [-0.2, 0) is 27.3 Å². The van der Waals surface area contributed by atoms with Gasteiger partial charge in [-0.2, -0.15) is 0 Å². The largest absolute Gasteiger partial charge is 0.493 e. The lowest BCUT2D eigenvalue weighted by molar-refractivity contribution is -0.143. The molecule has 3 aliphatic rings. The maximum Gasteiger partial charge on any atom is 0.306 e. The van der Waals surface area contributed by atoms with Gasteiger partial charge in [0, 0.05) is 30.9 Å². The van der Waals surface area contributed by atoms with E-state index in [0.717, 1.165) is 67.3 Å². The molecule has 2 N–H and O–H groups in total. The predicted octanol–water partition coefficient (Wildman–Crippen LogP) is 5.59. The first kappa shape index (κ1) is 29.7. The van der Waals surface area contributed by atoms with E-state index in [1.54, 1.807) is 7.11 Å². The Labute approximate surface area is 250 Å². The van der Waals surface area contributed by atoms with Crippen molar-refractivity contribution in [3.8, 4) is 11.5 Å². The number of carbonyl (C=O) groups is 3. The number of carboxylic acids is 1. The second-order valence-electron chi connectivity index (χ2n) is 11.2. The monoisotopic (exact) mass is 602 g/mol. The van der Waals surface area contributed by atoms with Gasteiger partial charge in [-0.25, -0.2) is 0 Å². The quantitative estimate of drug-likeness (QED) is 0.323. The molecule has 0 bridgehead atoms. The smallest absolute Gasteiger partial charge is 0.306 e. The van der Waals surface area contributed by atoms with E-state index in [2.05, 4.69) is 11.4 Å². The molecule has 220 valence electrons. The molecule has 2 aromatic rings. The molecular weight excluding hydrogens is 567 g/mol. The predicted molar refractivity (Wildman–Crippen MR) is 156 cm³/mol. The highest BCUT2D eigenvalue weighted by atomic mass is 35.5. The number of nitrogens with one attached hydrogen (secondary N) is 1. The Morgan fingerprint density at radius 2 is 1.76 bits per heavy atom. The maximum atomic E-state index is 12.1. The molecule has 1 saturated carbocycles. The minimum atomic E-state index is -0.686. The van der Waals surface area contributed by atoms with Crippen molar-refractivity contribution >= 4 is 41.0 Å². The number of fused-ring (bicyclic) bond motifs is 1. The zero-order valence-corrected chi connectivity index (χ0v) is 24.7. The Balaban J connectivity index is 1.36. The third-order valence-corrected chi connectivity index (χ3v) is 9.55. The third kappa shape index (κ3) is 6.50. The van der Waals surface area contributed by atoms with E-state index in [1.807, 2.05) is 18.2 Å². The molecule has 2 fully saturated rings. The van der Waals surface area contributed by atoms with Gasteiger partial charge in [-0.15, -0.1) is 0 Å². The molecule has 2 aromatic carbocycles. The number of methoxy groups -OCH3 is 1. The van der Waals surface area contributed by atoms with E-state index in [9.17, 15) is 19.5 Å². The number of ether oxygens (including phenoxy) is 2. The van der Waals surface area contributed by atoms with Crippen LogP contribution < -0.4 is 14.8 Å². The Morgan fingerprint density at radius 3 is 2.44 bits per heavy atom. The highest BCUT2D eigenvalue weighted by Crippen LogP contribution is 2.48. The lowest BCUT2D eigenvalue weighted by atomic mass is 9.82. The number of carbonyl (C=O) groups excluding carboxylic acids is 2. The summed E-state index contributed by atoms with van der Waals surface area (Å²) in [5.41, 5.74) is 4.17. The van der Waals surface area contributed by atoms with Crippen LogP contribution in [0.3, 0.4) is 0 Å². The van der Waals surface area contributed by atoms with Crippen molar-refractivity contribution < 1.29 is 29.0 Å². The highest BCUT2D eigenvalue weighted by molar-refractivity contribution is 6.42. The van der Waals surface area contributed by atoms with Crippen molar-refractivity contribution in [3.63, 3.8) is 0 Å². The van der Waals surface area contributed by atoms with Gasteiger partial charge in [0.1, 0.15) is 6.61 Å². The van der Waals surface area contributed by atoms with Crippen LogP contribution in [0.5, 0.6) is 11.5 Å². The molecule has 0 unspecified atom stereocenters. The SMILES string of the molecule is COc1cc(CNCC2CCC(C(=O)O)CC2)cc([C@H]2CCc3c2ccc(Cl)c3Cl)c1OCCN1C(=O)CCC1=O. The van der Waals surface area contributed by atoms with Crippen LogP contribution in [0.4, 0.5) is 0 Å². The van der Waals surface area contributed by atoms with Crippen LogP contribution in [0.25, 0.3) is 0 Å². The lowest BCUT2D eigenvalue weighted by Crippen LogP contribution is -2.33. The van der Waals surface area contributed by atoms with Gasteiger partial charge in [0.2, 0.25) is 11.8 Å². The summed E-state index contributed by atoms with van der Waals surface area (Å²) >= 11 is 12.9. The van der Waals surface area contributed by atoms with E-state index in [0.29, 0.717) is 34.0 Å². The molecule has 1 aliphatic heterocycles. The van der Waals surface area contributed by atoms with E-state index in [4.69, 9.17) is 32.7 Å². The number of nitrogens with zero attached hydrogens (tertiary/aromatic N) is 1. The number of aliphatic carboxylic acids is 1. The summed E-state index contributed by atoms with van der Waals surface area (Å²) in [6.45, 7) is 1.80. The van der Waals surface area contributed by atoms with E-state index in [1.165, 1.54) is 4.90 Å². The van der Waals surface area contributed by atoms with E-state index in [-0.39, 0.29) is 49.6 Å². The first-order valence-electron chi connectivity index (χ1n) is 14.3. The lowest BCUT2D eigenvalue weighted by Gasteiger charge is -2.26. The topological polar surface area (TPSA) is 105 Å². The van der Waals surface area contributed by atoms with Gasteiger partial charge in [0.15, 0.2) is 11.5 Å². The van der Waals surface area contributed by atoms with Crippen molar-refractivity contribution in [1.29, 1.82) is 0 Å². The average Bonchev–Trinajstić information content (AvgIpc) is 3.54. The number of hydrogen-bond donors (Lipinski definition) is 2. The van der Waals surface area contributed by atoms with Crippen molar-refractivity contribution in [2.24, 2.45) is 11.8 Å². The average molecular weight is 604 g/mol. The summed E-state index contributed by atoms with van der Waals surface area (Å²) in [7, 11) is 1.61. The fourth-order valence-corrected chi connectivity index (χ4v) is 6.89. The summed E-state index contributed by atoms with van der Waals surface area (Å²) in [6, 6.07) is 7.95. The maximum absolute atomic E-state index is 12.1. The molecule has 0 aromatic heterocycles. The Kier molecular flexibility index (Phi) is 9.42. The van der Waals surface area contributed by atoms with Gasteiger partial charge in [0.05, 0.1) is 29.6 Å². The number of halogens is 2. The van der Waals surface area contributed by atoms with Crippen LogP contribution in [0.15, 0.2) is 24.3 Å². The Hall–Kier alpha value is -2.81. The minimum absolute atomic E-state index is 0.0185. The Bertz CT molecular complexity index is 1310. The number of rotatable bonds is 11. The first-order chi connectivity index (χ1) is 19.8. The summed E-state index contributed by atoms with van der Waals surface area (Å²) < 4.78 is 12.1. The number of benzene rings is 2. The molecule has 1 heterocycles. The van der Waals surface area contributed by atoms with Gasteiger partial charge < -0.3 is 19.9 Å². The van der Waals surface area contributed by atoms with Gasteiger partial charge in [-0.05, 0) is 85.9 Å².